The number of rotatable bonds is 5. The zero-order valence-electron chi connectivity index (χ0n) is 15.0. The van der Waals surface area contributed by atoms with E-state index in [1.54, 1.807) is 0 Å². The molecule has 0 radical (unpaired) electrons. The summed E-state index contributed by atoms with van der Waals surface area (Å²) in [6.45, 7) is 0.262. The molecule has 1 aromatic carbocycles. The first-order chi connectivity index (χ1) is 12.6. The summed E-state index contributed by atoms with van der Waals surface area (Å²) in [7, 11) is 0. The molecule has 7 heteroatoms. The van der Waals surface area contributed by atoms with E-state index in [2.05, 4.69) is 10.1 Å². The van der Waals surface area contributed by atoms with Crippen molar-refractivity contribution < 1.29 is 27.8 Å². The highest BCUT2D eigenvalue weighted by atomic mass is 19.4. The van der Waals surface area contributed by atoms with E-state index in [1.165, 1.54) is 30.7 Å². The van der Waals surface area contributed by atoms with Crippen LogP contribution >= 0.6 is 0 Å². The maximum atomic E-state index is 12.5. The van der Waals surface area contributed by atoms with E-state index in [-0.39, 0.29) is 23.6 Å². The number of amides is 1. The molecule has 4 nitrogen and oxygen atoms in total. The molecule has 4 aliphatic rings. The topological polar surface area (TPSA) is 58.6 Å². The number of hydrogen-bond donors (Lipinski definition) is 2. The highest BCUT2D eigenvalue weighted by Crippen LogP contribution is 2.62. The number of carbonyl (C=O) groups excluding carboxylic acids is 1. The molecule has 2 N–H and O–H groups in total. The number of nitrogens with one attached hydrogen (secondary N) is 1. The molecule has 1 amide bonds. The number of hydrogen-bond acceptors (Lipinski definition) is 3. The lowest BCUT2D eigenvalue weighted by Crippen LogP contribution is -2.56. The Morgan fingerprint density at radius 2 is 1.78 bits per heavy atom. The minimum Gasteiger partial charge on any atom is -0.406 e. The maximum absolute atomic E-state index is 12.5. The largest absolute Gasteiger partial charge is 0.573 e. The van der Waals surface area contributed by atoms with Crippen LogP contribution < -0.4 is 10.1 Å². The lowest BCUT2D eigenvalue weighted by Gasteiger charge is -2.60. The molecule has 0 spiro atoms. The van der Waals surface area contributed by atoms with Gasteiger partial charge in [-0.15, -0.1) is 13.2 Å². The van der Waals surface area contributed by atoms with E-state index in [0.717, 1.165) is 25.7 Å². The number of carbonyl (C=O) groups is 1. The SMILES string of the molecule is O=C(CC12CC3CC(CC(O)(C3)C1)C2)NCc1ccc(OC(F)(F)F)cc1. The fraction of sp³-hybridized carbons (Fsp3) is 0.650. The molecule has 4 aliphatic carbocycles. The van der Waals surface area contributed by atoms with Crippen LogP contribution in [0.3, 0.4) is 0 Å². The Labute approximate surface area is 156 Å². The Hall–Kier alpha value is -1.76. The fourth-order valence-electron chi connectivity index (χ4n) is 6.02. The summed E-state index contributed by atoms with van der Waals surface area (Å²) in [4.78, 5) is 12.5. The van der Waals surface area contributed by atoms with Crippen molar-refractivity contribution in [2.45, 2.75) is 63.5 Å². The molecule has 4 saturated carbocycles. The van der Waals surface area contributed by atoms with Crippen molar-refractivity contribution in [3.8, 4) is 5.75 Å². The van der Waals surface area contributed by atoms with E-state index < -0.39 is 12.0 Å². The predicted octanol–water partition coefficient (Wildman–Crippen LogP) is 3.92. The van der Waals surface area contributed by atoms with Gasteiger partial charge in [0.25, 0.3) is 0 Å². The minimum atomic E-state index is -4.71. The zero-order valence-corrected chi connectivity index (χ0v) is 15.0. The van der Waals surface area contributed by atoms with Gasteiger partial charge in [0.1, 0.15) is 5.75 Å². The highest BCUT2D eigenvalue weighted by Gasteiger charge is 2.57. The van der Waals surface area contributed by atoms with Crippen molar-refractivity contribution in [2.24, 2.45) is 17.3 Å². The highest BCUT2D eigenvalue weighted by molar-refractivity contribution is 5.76. The lowest BCUT2D eigenvalue weighted by molar-refractivity contribution is -0.274. The molecule has 2 atom stereocenters. The quantitative estimate of drug-likeness (QED) is 0.810. The monoisotopic (exact) mass is 383 g/mol. The second kappa shape index (κ2) is 6.40. The Morgan fingerprint density at radius 3 is 2.33 bits per heavy atom. The summed E-state index contributed by atoms with van der Waals surface area (Å²) >= 11 is 0. The summed E-state index contributed by atoms with van der Waals surface area (Å²) < 4.78 is 40.4. The Morgan fingerprint density at radius 1 is 1.15 bits per heavy atom. The second-order valence-electron chi connectivity index (χ2n) is 8.83. The van der Waals surface area contributed by atoms with Gasteiger partial charge in [-0.1, -0.05) is 12.1 Å². The molecule has 0 saturated heterocycles. The first kappa shape index (κ1) is 18.6. The summed E-state index contributed by atoms with van der Waals surface area (Å²) in [5.41, 5.74) is 0.0356. The van der Waals surface area contributed by atoms with Crippen LogP contribution in [0.25, 0.3) is 0 Å². The molecule has 148 valence electrons. The van der Waals surface area contributed by atoms with Gasteiger partial charge in [0.05, 0.1) is 5.60 Å². The van der Waals surface area contributed by atoms with E-state index in [0.29, 0.717) is 30.2 Å². The van der Waals surface area contributed by atoms with Crippen molar-refractivity contribution in [2.75, 3.05) is 0 Å². The fourth-order valence-corrected chi connectivity index (χ4v) is 6.02. The number of alkyl halides is 3. The van der Waals surface area contributed by atoms with Crippen LogP contribution in [0, 0.1) is 17.3 Å². The molecule has 4 bridgehead atoms. The summed E-state index contributed by atoms with van der Waals surface area (Å²) in [5, 5.41) is 13.6. The van der Waals surface area contributed by atoms with Crippen LogP contribution in [0.15, 0.2) is 24.3 Å². The van der Waals surface area contributed by atoms with Gasteiger partial charge in [-0.3, -0.25) is 4.79 Å². The smallest absolute Gasteiger partial charge is 0.406 e. The van der Waals surface area contributed by atoms with Gasteiger partial charge in [0.2, 0.25) is 5.91 Å². The molecule has 0 heterocycles. The van der Waals surface area contributed by atoms with Crippen molar-refractivity contribution in [3.05, 3.63) is 29.8 Å². The summed E-state index contributed by atoms with van der Waals surface area (Å²) in [6.07, 6.45) is 1.38. The average molecular weight is 383 g/mol. The minimum absolute atomic E-state index is 0.0591. The van der Waals surface area contributed by atoms with Gasteiger partial charge < -0.3 is 15.2 Å². The van der Waals surface area contributed by atoms with Gasteiger partial charge in [-0.25, -0.2) is 0 Å². The first-order valence-electron chi connectivity index (χ1n) is 9.46. The number of aliphatic hydroxyl groups is 1. The van der Waals surface area contributed by atoms with Crippen molar-refractivity contribution in [1.29, 1.82) is 0 Å². The van der Waals surface area contributed by atoms with Crippen molar-refractivity contribution >= 4 is 5.91 Å². The van der Waals surface area contributed by atoms with E-state index in [4.69, 9.17) is 0 Å². The Balaban J connectivity index is 1.31. The standard InChI is InChI=1S/C20H24F3NO3/c21-20(22,23)27-16-3-1-13(2-4-16)11-24-17(25)10-18-6-14-5-15(7-18)9-19(26,8-14)12-18/h1-4,14-15,26H,5-12H2,(H,24,25). The van der Waals surface area contributed by atoms with Crippen LogP contribution in [-0.4, -0.2) is 23.0 Å². The van der Waals surface area contributed by atoms with E-state index >= 15 is 0 Å². The number of halogens is 3. The van der Waals surface area contributed by atoms with E-state index in [9.17, 15) is 23.1 Å². The third-order valence-corrected chi connectivity index (χ3v) is 6.33. The second-order valence-corrected chi connectivity index (χ2v) is 8.83. The van der Waals surface area contributed by atoms with Crippen LogP contribution in [0.4, 0.5) is 13.2 Å². The Kier molecular flexibility index (Phi) is 4.41. The molecular formula is C20H24F3NO3. The van der Waals surface area contributed by atoms with Crippen molar-refractivity contribution in [3.63, 3.8) is 0 Å². The molecule has 0 aliphatic heterocycles. The van der Waals surface area contributed by atoms with Crippen LogP contribution in [0.2, 0.25) is 0 Å². The van der Waals surface area contributed by atoms with Gasteiger partial charge >= 0.3 is 6.36 Å². The first-order valence-corrected chi connectivity index (χ1v) is 9.46. The molecule has 2 unspecified atom stereocenters. The molecule has 0 aromatic heterocycles. The molecule has 27 heavy (non-hydrogen) atoms. The van der Waals surface area contributed by atoms with Crippen LogP contribution in [0.1, 0.15) is 50.5 Å². The third-order valence-electron chi connectivity index (χ3n) is 6.33. The normalized spacial score (nSPS) is 34.5. The van der Waals surface area contributed by atoms with Gasteiger partial charge in [0.15, 0.2) is 0 Å². The van der Waals surface area contributed by atoms with E-state index in [1.807, 2.05) is 0 Å². The summed E-state index contributed by atoms with van der Waals surface area (Å²) in [6, 6.07) is 5.50. The van der Waals surface area contributed by atoms with Crippen molar-refractivity contribution in [1.82, 2.24) is 5.32 Å². The van der Waals surface area contributed by atoms with Crippen LogP contribution in [-0.2, 0) is 11.3 Å². The molecule has 4 fully saturated rings. The molecule has 5 rings (SSSR count). The molecular weight excluding hydrogens is 359 g/mol. The maximum Gasteiger partial charge on any atom is 0.573 e. The van der Waals surface area contributed by atoms with Gasteiger partial charge in [-0.05, 0) is 73.5 Å². The lowest BCUT2D eigenvalue weighted by atomic mass is 9.47. The predicted molar refractivity (Wildman–Crippen MR) is 91.7 cm³/mol. The zero-order chi connectivity index (χ0) is 19.3. The van der Waals surface area contributed by atoms with Gasteiger partial charge in [-0.2, -0.15) is 0 Å². The number of benzene rings is 1. The number of ether oxygens (including phenoxy) is 1. The Bertz CT molecular complexity index is 702. The summed E-state index contributed by atoms with van der Waals surface area (Å²) in [5.74, 6) is 0.728. The molecule has 1 aromatic rings. The van der Waals surface area contributed by atoms with Gasteiger partial charge in [0, 0.05) is 13.0 Å². The third kappa shape index (κ3) is 4.23. The van der Waals surface area contributed by atoms with Crippen LogP contribution in [0.5, 0.6) is 5.75 Å². The average Bonchev–Trinajstić information content (AvgIpc) is 2.50.